The number of nitrogens with one attached hydrogen (secondary N) is 1. The first-order valence-corrected chi connectivity index (χ1v) is 18.6. The molecule has 0 aliphatic heterocycles. The van der Waals surface area contributed by atoms with E-state index in [1.54, 1.807) is 65.8 Å². The second-order valence-electron chi connectivity index (χ2n) is 14.6. The number of rotatable bonds is 9. The summed E-state index contributed by atoms with van der Waals surface area (Å²) in [7, 11) is 0. The van der Waals surface area contributed by atoms with Gasteiger partial charge in [0.15, 0.2) is 0 Å². The average Bonchev–Trinajstić information content (AvgIpc) is 3.78. The number of nitriles is 2. The van der Waals surface area contributed by atoms with Crippen molar-refractivity contribution in [1.29, 1.82) is 10.5 Å². The maximum absolute atomic E-state index is 14.5. The Morgan fingerprint density at radius 3 is 1.58 bits per heavy atom. The Kier molecular flexibility index (Phi) is 14.5. The number of benzene rings is 4. The smallest absolute Gasteiger partial charge is 0.323 e. The number of imidazole rings is 2. The first-order valence-electron chi connectivity index (χ1n) is 17.9. The number of hydrogen-bond donors (Lipinski definition) is 3. The molecule has 59 heavy (non-hydrogen) atoms. The highest BCUT2D eigenvalue weighted by atomic mass is 35.5. The van der Waals surface area contributed by atoms with Gasteiger partial charge in [0, 0.05) is 17.2 Å². The molecule has 0 saturated heterocycles. The van der Waals surface area contributed by atoms with Crippen molar-refractivity contribution in [3.8, 4) is 12.1 Å². The number of carboxylic acid groups (broad SMARTS) is 1. The summed E-state index contributed by atoms with van der Waals surface area (Å²) >= 11 is 11.7. The van der Waals surface area contributed by atoms with Gasteiger partial charge in [0.2, 0.25) is 5.91 Å². The Bertz CT molecular complexity index is 2610. The largest absolute Gasteiger partial charge is 0.480 e. The fourth-order valence-corrected chi connectivity index (χ4v) is 6.39. The number of fused-ring (bicyclic) bond motifs is 2. The van der Waals surface area contributed by atoms with Crippen LogP contribution in [0.2, 0.25) is 10.0 Å². The third-order valence-electron chi connectivity index (χ3n) is 9.26. The Labute approximate surface area is 347 Å². The van der Waals surface area contributed by atoms with Crippen molar-refractivity contribution in [3.63, 3.8) is 0 Å². The van der Waals surface area contributed by atoms with Gasteiger partial charge in [-0.25, -0.2) is 27.5 Å². The van der Waals surface area contributed by atoms with Crippen LogP contribution in [-0.2, 0) is 33.5 Å². The molecule has 0 spiro atoms. The van der Waals surface area contributed by atoms with Crippen molar-refractivity contribution >= 4 is 57.1 Å². The van der Waals surface area contributed by atoms with Gasteiger partial charge in [0.1, 0.15) is 46.4 Å². The summed E-state index contributed by atoms with van der Waals surface area (Å²) in [6.45, 7) is 9.77. The molecule has 0 bridgehead atoms. The monoisotopic (exact) mass is 850 g/mol. The zero-order chi connectivity index (χ0) is 44.0. The quantitative estimate of drug-likeness (QED) is 0.121. The maximum atomic E-state index is 14.5. The van der Waals surface area contributed by atoms with Crippen LogP contribution in [0, 0.1) is 45.9 Å². The molecule has 0 fully saturated rings. The lowest BCUT2D eigenvalue weighted by molar-refractivity contribution is -0.137. The molecule has 6 rings (SSSR count). The van der Waals surface area contributed by atoms with Crippen LogP contribution in [0.15, 0.2) is 73.3 Å². The minimum absolute atomic E-state index is 0.0985. The lowest BCUT2D eigenvalue weighted by atomic mass is 9.85. The molecule has 4 aromatic carbocycles. The van der Waals surface area contributed by atoms with Gasteiger partial charge in [-0.05, 0) is 89.1 Å². The zero-order valence-electron chi connectivity index (χ0n) is 32.8. The molecule has 308 valence electrons. The average molecular weight is 852 g/mol. The van der Waals surface area contributed by atoms with Crippen LogP contribution in [0.4, 0.5) is 17.6 Å². The molecule has 0 aliphatic rings. The highest BCUT2D eigenvalue weighted by Gasteiger charge is 2.26. The standard InChI is InChI=1S/C21H19ClF2N4O.C12H15FN2.C9H6ClFN2O2/c1-12(13-4-5-14(16(24)8-13)21(2,3)10-25)27-18(29)9-28-11-26-17-7-6-15(23)19(22)20(17)28;1-8(15)9-4-5-10(11(13)6-9)12(2,3)7-14;10-8-5(11)1-2-6-9(8)13(4-12-6)3-7(14)15/h4-8,11-12H,9H2,1-3H3,(H,27,29);4-6,8H,15H2,1-3H3;1-2,4H,3H2,(H,14,15). The van der Waals surface area contributed by atoms with Crippen LogP contribution in [0.1, 0.15) is 75.9 Å². The molecule has 11 nitrogen and oxygen atoms in total. The van der Waals surface area contributed by atoms with Crippen molar-refractivity contribution in [2.45, 2.75) is 77.5 Å². The van der Waals surface area contributed by atoms with Crippen molar-refractivity contribution in [2.75, 3.05) is 0 Å². The van der Waals surface area contributed by atoms with Crippen molar-refractivity contribution in [2.24, 2.45) is 5.73 Å². The number of carboxylic acids is 1. The van der Waals surface area contributed by atoms with Gasteiger partial charge < -0.3 is 25.3 Å². The van der Waals surface area contributed by atoms with Crippen LogP contribution in [-0.4, -0.2) is 36.1 Å². The highest BCUT2D eigenvalue weighted by molar-refractivity contribution is 6.35. The van der Waals surface area contributed by atoms with Gasteiger partial charge in [0.25, 0.3) is 0 Å². The van der Waals surface area contributed by atoms with Crippen molar-refractivity contribution < 1.29 is 32.3 Å². The molecule has 0 radical (unpaired) electrons. The Hall–Kier alpha value is -6.00. The number of aromatic nitrogens is 4. The van der Waals surface area contributed by atoms with Gasteiger partial charge >= 0.3 is 5.97 Å². The Balaban J connectivity index is 0.000000215. The normalized spacial score (nSPS) is 12.3. The summed E-state index contributed by atoms with van der Waals surface area (Å²) in [6, 6.07) is 18.2. The van der Waals surface area contributed by atoms with Gasteiger partial charge in [-0.1, -0.05) is 47.5 Å². The summed E-state index contributed by atoms with van der Waals surface area (Å²) in [5.74, 6) is -3.44. The van der Waals surface area contributed by atoms with E-state index in [2.05, 4.69) is 27.4 Å². The summed E-state index contributed by atoms with van der Waals surface area (Å²) in [5, 5.41) is 29.3. The van der Waals surface area contributed by atoms with Gasteiger partial charge in [-0.15, -0.1) is 0 Å². The van der Waals surface area contributed by atoms with Crippen LogP contribution in [0.3, 0.4) is 0 Å². The minimum Gasteiger partial charge on any atom is -0.480 e. The van der Waals surface area contributed by atoms with E-state index in [0.717, 1.165) is 5.56 Å². The third-order valence-corrected chi connectivity index (χ3v) is 9.98. The van der Waals surface area contributed by atoms with E-state index >= 15 is 0 Å². The molecule has 0 aliphatic carbocycles. The Morgan fingerprint density at radius 2 is 1.17 bits per heavy atom. The molecule has 2 aromatic heterocycles. The second-order valence-corrected chi connectivity index (χ2v) is 15.4. The van der Waals surface area contributed by atoms with E-state index in [1.807, 2.05) is 0 Å². The number of amides is 1. The number of aliphatic carboxylic acids is 1. The summed E-state index contributed by atoms with van der Waals surface area (Å²) in [5.41, 5.74) is 7.49. The predicted molar refractivity (Wildman–Crippen MR) is 216 cm³/mol. The van der Waals surface area contributed by atoms with E-state index in [9.17, 15) is 32.4 Å². The molecule has 2 unspecified atom stereocenters. The highest BCUT2D eigenvalue weighted by Crippen LogP contribution is 2.30. The SMILES string of the molecule is CC(N)c1ccc(C(C)(C)C#N)c(F)c1.CC(NC(=O)Cn1cnc2ccc(F)c(Cl)c21)c1ccc(C(C)(C)C#N)c(F)c1.O=C(O)Cn1cnc2ccc(F)c(Cl)c21. The molecular formula is C42H40Cl2F4N8O3. The van der Waals surface area contributed by atoms with E-state index in [-0.39, 0.29) is 40.9 Å². The van der Waals surface area contributed by atoms with Crippen LogP contribution in [0.5, 0.6) is 0 Å². The van der Waals surface area contributed by atoms with Crippen LogP contribution >= 0.6 is 23.2 Å². The fraction of sp³-hybridized carbons (Fsp3) is 0.286. The number of halogens is 6. The van der Waals surface area contributed by atoms with Crippen molar-refractivity contribution in [3.05, 3.63) is 129 Å². The van der Waals surface area contributed by atoms with Crippen LogP contribution in [0.25, 0.3) is 22.1 Å². The molecule has 17 heteroatoms. The van der Waals surface area contributed by atoms with Gasteiger partial charge in [0.05, 0.1) is 63.7 Å². The van der Waals surface area contributed by atoms with E-state index in [0.29, 0.717) is 38.8 Å². The molecule has 6 aromatic rings. The number of hydrogen-bond acceptors (Lipinski definition) is 7. The molecule has 2 atom stereocenters. The summed E-state index contributed by atoms with van der Waals surface area (Å²) in [6.07, 6.45) is 2.74. The number of carbonyl (C=O) groups excluding carboxylic acids is 1. The van der Waals surface area contributed by atoms with E-state index in [1.165, 1.54) is 58.2 Å². The predicted octanol–water partition coefficient (Wildman–Crippen LogP) is 9.21. The second kappa shape index (κ2) is 18.7. The molecule has 0 saturated carbocycles. The summed E-state index contributed by atoms with van der Waals surface area (Å²) in [4.78, 5) is 31.0. The minimum atomic E-state index is -1.03. The lowest BCUT2D eigenvalue weighted by Gasteiger charge is -2.20. The first-order chi connectivity index (χ1) is 27.6. The zero-order valence-corrected chi connectivity index (χ0v) is 34.3. The first kappa shape index (κ1) is 45.7. The molecule has 2 heterocycles. The lowest BCUT2D eigenvalue weighted by Crippen LogP contribution is -2.30. The number of nitrogens with two attached hydrogens (primary N) is 1. The van der Waals surface area contributed by atoms with E-state index < -0.39 is 40.3 Å². The molecule has 4 N–H and O–H groups in total. The fourth-order valence-electron chi connectivity index (χ4n) is 5.85. The van der Waals surface area contributed by atoms with Gasteiger partial charge in [-0.2, -0.15) is 10.5 Å². The molecular weight excluding hydrogens is 811 g/mol. The number of nitrogens with zero attached hydrogens (tertiary/aromatic N) is 6. The topological polar surface area (TPSA) is 176 Å². The number of carbonyl (C=O) groups is 2. The van der Waals surface area contributed by atoms with E-state index in [4.69, 9.17) is 39.3 Å². The third kappa shape index (κ3) is 10.7. The summed E-state index contributed by atoms with van der Waals surface area (Å²) < 4.78 is 57.8. The van der Waals surface area contributed by atoms with Crippen molar-refractivity contribution in [1.82, 2.24) is 24.4 Å². The van der Waals surface area contributed by atoms with Crippen LogP contribution < -0.4 is 11.1 Å². The molecule has 1 amide bonds. The maximum Gasteiger partial charge on any atom is 0.323 e. The van der Waals surface area contributed by atoms with Gasteiger partial charge in [-0.3, -0.25) is 9.59 Å². The Morgan fingerprint density at radius 1 is 0.746 bits per heavy atom.